The number of rotatable bonds is 9. The van der Waals surface area contributed by atoms with Crippen molar-refractivity contribution in [3.63, 3.8) is 0 Å². The van der Waals surface area contributed by atoms with Crippen LogP contribution < -0.4 is 9.47 Å². The van der Waals surface area contributed by atoms with E-state index in [4.69, 9.17) is 14.2 Å². The van der Waals surface area contributed by atoms with Crippen LogP contribution in [0.15, 0.2) is 124 Å². The number of hydrogen-bond donors (Lipinski definition) is 0. The van der Waals surface area contributed by atoms with Gasteiger partial charge < -0.3 is 14.2 Å². The fourth-order valence-electron chi connectivity index (χ4n) is 7.47. The summed E-state index contributed by atoms with van der Waals surface area (Å²) in [7, 11) is -0.193. The molecule has 0 N–H and O–H groups in total. The Kier molecular flexibility index (Phi) is 7.22. The fourth-order valence-corrected chi connectivity index (χ4v) is 9.56. The monoisotopic (exact) mass is 563 g/mol. The van der Waals surface area contributed by atoms with Crippen LogP contribution in [0, 0.1) is 17.8 Å². The second kappa shape index (κ2) is 11.3. The molecular formula is C36H35O4S+. The molecule has 4 aromatic carbocycles. The van der Waals surface area contributed by atoms with Crippen LogP contribution in [0.1, 0.15) is 38.5 Å². The zero-order valence-electron chi connectivity index (χ0n) is 23.1. The molecule has 4 aliphatic carbocycles. The highest BCUT2D eigenvalue weighted by atomic mass is 32.2. The van der Waals surface area contributed by atoms with Crippen LogP contribution in [0.4, 0.5) is 0 Å². The van der Waals surface area contributed by atoms with E-state index >= 15 is 0 Å². The third kappa shape index (κ3) is 5.87. The quantitative estimate of drug-likeness (QED) is 0.151. The van der Waals surface area contributed by atoms with Crippen LogP contribution in [0.3, 0.4) is 0 Å². The van der Waals surface area contributed by atoms with Gasteiger partial charge in [-0.3, -0.25) is 0 Å². The second-order valence-corrected chi connectivity index (χ2v) is 13.9. The average Bonchev–Trinajstić information content (AvgIpc) is 2.98. The molecule has 0 aliphatic heterocycles. The average molecular weight is 564 g/mol. The largest absolute Gasteiger partial charge is 0.482 e. The van der Waals surface area contributed by atoms with E-state index in [1.807, 2.05) is 36.4 Å². The standard InChI is InChI=1S/C36H35O4S/c37-35(40-36-22-26-19-27(23-36)21-28(20-26)24-36)25-38-29-11-13-30(14-12-29)39-31-15-17-34(18-16-31)41(32-7-3-1-4-8-32)33-9-5-2-6-10-33/h1-18,26-28H,19-25H2/q+1. The molecule has 0 heterocycles. The Balaban J connectivity index is 0.957. The number of carbonyl (C=O) groups is 1. The molecule has 0 atom stereocenters. The molecule has 0 saturated heterocycles. The van der Waals surface area contributed by atoms with Crippen molar-refractivity contribution in [2.24, 2.45) is 17.8 Å². The first kappa shape index (κ1) is 26.2. The zero-order chi connectivity index (χ0) is 27.6. The molecule has 0 aromatic heterocycles. The van der Waals surface area contributed by atoms with E-state index in [0.29, 0.717) is 11.5 Å². The van der Waals surface area contributed by atoms with Gasteiger partial charge in [0, 0.05) is 0 Å². The SMILES string of the molecule is O=C(COc1ccc(Oc2ccc([S+](c3ccccc3)c3ccccc3)cc2)cc1)OC12CC3CC(CC(C3)C1)C2. The first-order chi connectivity index (χ1) is 20.1. The molecule has 208 valence electrons. The molecule has 4 saturated carbocycles. The van der Waals surface area contributed by atoms with Gasteiger partial charge in [0.05, 0.1) is 10.9 Å². The Morgan fingerprint density at radius 2 is 1.05 bits per heavy atom. The van der Waals surface area contributed by atoms with Gasteiger partial charge in [-0.1, -0.05) is 36.4 Å². The predicted octanol–water partition coefficient (Wildman–Crippen LogP) is 8.47. The molecule has 0 radical (unpaired) electrons. The van der Waals surface area contributed by atoms with Crippen molar-refractivity contribution < 1.29 is 19.0 Å². The van der Waals surface area contributed by atoms with Crippen LogP contribution in [0.5, 0.6) is 17.2 Å². The van der Waals surface area contributed by atoms with Gasteiger partial charge in [-0.05, 0) is 129 Å². The molecule has 4 fully saturated rings. The lowest BCUT2D eigenvalue weighted by Gasteiger charge is -2.55. The molecule has 4 aromatic rings. The summed E-state index contributed by atoms with van der Waals surface area (Å²) < 4.78 is 18.0. The minimum Gasteiger partial charge on any atom is -0.482 e. The van der Waals surface area contributed by atoms with Gasteiger partial charge in [0.15, 0.2) is 21.3 Å². The second-order valence-electron chi connectivity index (χ2n) is 11.8. The molecule has 0 unspecified atom stereocenters. The van der Waals surface area contributed by atoms with E-state index in [1.54, 1.807) is 0 Å². The van der Waals surface area contributed by atoms with Gasteiger partial charge >= 0.3 is 5.97 Å². The van der Waals surface area contributed by atoms with E-state index in [2.05, 4.69) is 72.8 Å². The van der Waals surface area contributed by atoms with E-state index < -0.39 is 0 Å². The highest BCUT2D eigenvalue weighted by molar-refractivity contribution is 7.97. The minimum absolute atomic E-state index is 0.0613. The summed E-state index contributed by atoms with van der Waals surface area (Å²) in [5, 5.41) is 0. The molecule has 0 spiro atoms. The molecule has 4 bridgehead atoms. The van der Waals surface area contributed by atoms with Crippen molar-refractivity contribution in [3.05, 3.63) is 109 Å². The Morgan fingerprint density at radius 3 is 1.56 bits per heavy atom. The maximum atomic E-state index is 12.7. The van der Waals surface area contributed by atoms with Gasteiger partial charge in [0.25, 0.3) is 0 Å². The summed E-state index contributed by atoms with van der Waals surface area (Å²) in [6, 6.07) is 37.0. The molecule has 5 heteroatoms. The summed E-state index contributed by atoms with van der Waals surface area (Å²) in [6.45, 7) is -0.0613. The third-order valence-corrected chi connectivity index (χ3v) is 11.0. The summed E-state index contributed by atoms with van der Waals surface area (Å²) in [6.07, 6.45) is 7.10. The van der Waals surface area contributed by atoms with Crippen LogP contribution in [0.25, 0.3) is 0 Å². The lowest BCUT2D eigenvalue weighted by atomic mass is 9.54. The van der Waals surface area contributed by atoms with E-state index in [-0.39, 0.29) is 29.1 Å². The van der Waals surface area contributed by atoms with Gasteiger partial charge in [0.2, 0.25) is 0 Å². The lowest BCUT2D eigenvalue weighted by Crippen LogP contribution is -2.53. The summed E-state index contributed by atoms with van der Waals surface area (Å²) in [4.78, 5) is 16.5. The molecule has 0 amide bonds. The van der Waals surface area contributed by atoms with Gasteiger partial charge in [0.1, 0.15) is 22.8 Å². The summed E-state index contributed by atoms with van der Waals surface area (Å²) >= 11 is 0. The Morgan fingerprint density at radius 1 is 0.610 bits per heavy atom. The van der Waals surface area contributed by atoms with Crippen molar-refractivity contribution >= 4 is 16.9 Å². The van der Waals surface area contributed by atoms with Crippen LogP contribution in [-0.4, -0.2) is 18.2 Å². The zero-order valence-corrected chi connectivity index (χ0v) is 23.9. The normalized spacial score (nSPS) is 24.3. The number of benzene rings is 4. The Labute approximate surface area is 245 Å². The van der Waals surface area contributed by atoms with Crippen molar-refractivity contribution in [2.75, 3.05) is 6.61 Å². The van der Waals surface area contributed by atoms with E-state index in [1.165, 1.54) is 33.9 Å². The molecular weight excluding hydrogens is 528 g/mol. The number of hydrogen-bond acceptors (Lipinski definition) is 4. The van der Waals surface area contributed by atoms with Crippen LogP contribution in [0.2, 0.25) is 0 Å². The number of esters is 1. The third-order valence-electron chi connectivity index (χ3n) is 8.75. The predicted molar refractivity (Wildman–Crippen MR) is 160 cm³/mol. The van der Waals surface area contributed by atoms with Gasteiger partial charge in [-0.25, -0.2) is 4.79 Å². The van der Waals surface area contributed by atoms with E-state index in [9.17, 15) is 4.79 Å². The molecule has 8 rings (SSSR count). The number of ether oxygens (including phenoxy) is 3. The van der Waals surface area contributed by atoms with Crippen molar-refractivity contribution in [3.8, 4) is 17.2 Å². The fraction of sp³-hybridized carbons (Fsp3) is 0.306. The van der Waals surface area contributed by atoms with Crippen molar-refractivity contribution in [2.45, 2.75) is 58.8 Å². The van der Waals surface area contributed by atoms with Crippen LogP contribution in [-0.2, 0) is 20.4 Å². The Bertz CT molecular complexity index is 1390. The lowest BCUT2D eigenvalue weighted by molar-refractivity contribution is -0.188. The Hall–Kier alpha value is -3.70. The van der Waals surface area contributed by atoms with E-state index in [0.717, 1.165) is 42.8 Å². The first-order valence-electron chi connectivity index (χ1n) is 14.7. The maximum absolute atomic E-state index is 12.7. The summed E-state index contributed by atoms with van der Waals surface area (Å²) in [5.41, 5.74) is -0.231. The molecule has 4 aliphatic rings. The molecule has 41 heavy (non-hydrogen) atoms. The maximum Gasteiger partial charge on any atom is 0.344 e. The van der Waals surface area contributed by atoms with Gasteiger partial charge in [-0.2, -0.15) is 0 Å². The van der Waals surface area contributed by atoms with Crippen molar-refractivity contribution in [1.29, 1.82) is 0 Å². The van der Waals surface area contributed by atoms with Crippen molar-refractivity contribution in [1.82, 2.24) is 0 Å². The van der Waals surface area contributed by atoms with Gasteiger partial charge in [-0.15, -0.1) is 0 Å². The first-order valence-corrected chi connectivity index (χ1v) is 15.9. The highest BCUT2D eigenvalue weighted by Crippen LogP contribution is 2.57. The highest BCUT2D eigenvalue weighted by Gasteiger charge is 2.53. The summed E-state index contributed by atoms with van der Waals surface area (Å²) in [5.74, 6) is 4.09. The van der Waals surface area contributed by atoms with Crippen LogP contribution >= 0.6 is 0 Å². The number of carbonyl (C=O) groups excluding carboxylic acids is 1. The topological polar surface area (TPSA) is 44.8 Å². The molecule has 4 nitrogen and oxygen atoms in total. The minimum atomic E-state index is -0.252. The smallest absolute Gasteiger partial charge is 0.344 e.